The molecular formula is C4H10Cl2Mg. The van der Waals surface area contributed by atoms with Crippen LogP contribution in [0.15, 0.2) is 0 Å². The van der Waals surface area contributed by atoms with Crippen LogP contribution in [0.2, 0.25) is 0 Å². The molecule has 0 aromatic heterocycles. The van der Waals surface area contributed by atoms with Crippen LogP contribution in [0.5, 0.6) is 0 Å². The van der Waals surface area contributed by atoms with Crippen LogP contribution in [-0.4, -0.2) is 23.1 Å². The fraction of sp³-hybridized carbons (Fsp3) is 1.00. The van der Waals surface area contributed by atoms with E-state index in [1.54, 1.807) is 0 Å². The van der Waals surface area contributed by atoms with Gasteiger partial charge in [0, 0.05) is 0 Å². The van der Waals surface area contributed by atoms with Crippen molar-refractivity contribution >= 4 is 23.1 Å². The Kier molecular flexibility index (Phi) is 53.4. The molecule has 0 aliphatic heterocycles. The second-order valence-electron chi connectivity index (χ2n) is 1.73. The SMILES string of the molecule is CC(C)C.[Cl-].[Cl-].[Mg+2]. The van der Waals surface area contributed by atoms with Crippen LogP contribution in [0.25, 0.3) is 0 Å². The van der Waals surface area contributed by atoms with Gasteiger partial charge in [0.15, 0.2) is 0 Å². The van der Waals surface area contributed by atoms with Gasteiger partial charge in [-0.1, -0.05) is 20.8 Å². The van der Waals surface area contributed by atoms with E-state index in [0.29, 0.717) is 0 Å². The Hall–Kier alpha value is 1.35. The summed E-state index contributed by atoms with van der Waals surface area (Å²) in [5.74, 6) is 0.833. The van der Waals surface area contributed by atoms with Gasteiger partial charge in [0.25, 0.3) is 0 Å². The molecule has 0 aromatic rings. The largest absolute Gasteiger partial charge is 2.00 e. The monoisotopic (exact) mass is 152 g/mol. The Morgan fingerprint density at radius 2 is 0.857 bits per heavy atom. The summed E-state index contributed by atoms with van der Waals surface area (Å²) in [6, 6.07) is 0. The summed E-state index contributed by atoms with van der Waals surface area (Å²) in [6.07, 6.45) is 0. The average molecular weight is 153 g/mol. The van der Waals surface area contributed by atoms with Crippen molar-refractivity contribution in [1.29, 1.82) is 0 Å². The van der Waals surface area contributed by atoms with E-state index < -0.39 is 0 Å². The number of hydrogen-bond donors (Lipinski definition) is 0. The van der Waals surface area contributed by atoms with Crippen molar-refractivity contribution in [3.8, 4) is 0 Å². The molecule has 0 N–H and O–H groups in total. The fourth-order valence-electron chi connectivity index (χ4n) is 0. The third-order valence-electron chi connectivity index (χ3n) is 0. The molecule has 0 rings (SSSR count). The second kappa shape index (κ2) is 15.7. The molecule has 7 heavy (non-hydrogen) atoms. The summed E-state index contributed by atoms with van der Waals surface area (Å²) in [6.45, 7) is 6.50. The van der Waals surface area contributed by atoms with Crippen molar-refractivity contribution in [2.24, 2.45) is 5.92 Å². The van der Waals surface area contributed by atoms with Crippen molar-refractivity contribution in [3.05, 3.63) is 0 Å². The Labute approximate surface area is 74.4 Å². The van der Waals surface area contributed by atoms with Crippen molar-refractivity contribution in [2.75, 3.05) is 0 Å². The van der Waals surface area contributed by atoms with Crippen molar-refractivity contribution < 1.29 is 24.8 Å². The topological polar surface area (TPSA) is 0 Å². The van der Waals surface area contributed by atoms with Crippen molar-refractivity contribution in [3.63, 3.8) is 0 Å². The quantitative estimate of drug-likeness (QED) is 0.307. The molecule has 0 nitrogen and oxygen atoms in total. The van der Waals surface area contributed by atoms with Gasteiger partial charge in [0.05, 0.1) is 0 Å². The van der Waals surface area contributed by atoms with Gasteiger partial charge in [-0.3, -0.25) is 0 Å². The van der Waals surface area contributed by atoms with E-state index in [1.165, 1.54) is 0 Å². The maximum absolute atomic E-state index is 2.17. The van der Waals surface area contributed by atoms with Crippen LogP contribution < -0.4 is 24.8 Å². The third-order valence-corrected chi connectivity index (χ3v) is 0. The van der Waals surface area contributed by atoms with E-state index in [1.807, 2.05) is 0 Å². The van der Waals surface area contributed by atoms with Crippen LogP contribution in [0, 0.1) is 5.92 Å². The fourth-order valence-corrected chi connectivity index (χ4v) is 0. The van der Waals surface area contributed by atoms with Crippen LogP contribution >= 0.6 is 0 Å². The summed E-state index contributed by atoms with van der Waals surface area (Å²) >= 11 is 0. The van der Waals surface area contributed by atoms with E-state index in [4.69, 9.17) is 0 Å². The van der Waals surface area contributed by atoms with Gasteiger partial charge < -0.3 is 24.8 Å². The predicted octanol–water partition coefficient (Wildman–Crippen LogP) is -4.71. The summed E-state index contributed by atoms with van der Waals surface area (Å²) < 4.78 is 0. The van der Waals surface area contributed by atoms with Gasteiger partial charge in [-0.15, -0.1) is 0 Å². The Morgan fingerprint density at radius 1 is 0.857 bits per heavy atom. The first-order valence-corrected chi connectivity index (χ1v) is 1.73. The zero-order chi connectivity index (χ0) is 3.58. The maximum Gasteiger partial charge on any atom is 2.00 e. The van der Waals surface area contributed by atoms with E-state index in [0.717, 1.165) is 5.92 Å². The Morgan fingerprint density at radius 3 is 0.857 bits per heavy atom. The zero-order valence-corrected chi connectivity index (χ0v) is 7.97. The molecule has 0 fully saturated rings. The molecule has 3 heteroatoms. The molecule has 0 unspecified atom stereocenters. The third kappa shape index (κ3) is 116. The smallest absolute Gasteiger partial charge is 1.00 e. The molecule has 0 heterocycles. The molecule has 0 saturated heterocycles. The molecule has 42 valence electrons. The van der Waals surface area contributed by atoms with Gasteiger partial charge in [-0.25, -0.2) is 0 Å². The minimum atomic E-state index is 0. The number of rotatable bonds is 0. The molecular weight excluding hydrogens is 143 g/mol. The molecule has 0 radical (unpaired) electrons. The zero-order valence-electron chi connectivity index (χ0n) is 5.04. The first-order chi connectivity index (χ1) is 1.73. The van der Waals surface area contributed by atoms with Gasteiger partial charge in [0.2, 0.25) is 0 Å². The summed E-state index contributed by atoms with van der Waals surface area (Å²) in [7, 11) is 0. The molecule has 0 spiro atoms. The summed E-state index contributed by atoms with van der Waals surface area (Å²) in [5, 5.41) is 0. The summed E-state index contributed by atoms with van der Waals surface area (Å²) in [4.78, 5) is 0. The van der Waals surface area contributed by atoms with Crippen LogP contribution in [0.4, 0.5) is 0 Å². The van der Waals surface area contributed by atoms with Gasteiger partial charge in [0.1, 0.15) is 0 Å². The molecule has 0 bridgehead atoms. The molecule has 0 saturated carbocycles. The summed E-state index contributed by atoms with van der Waals surface area (Å²) in [5.41, 5.74) is 0. The van der Waals surface area contributed by atoms with Crippen molar-refractivity contribution in [1.82, 2.24) is 0 Å². The van der Waals surface area contributed by atoms with Gasteiger partial charge in [-0.2, -0.15) is 0 Å². The first-order valence-electron chi connectivity index (χ1n) is 1.73. The minimum absolute atomic E-state index is 0. The van der Waals surface area contributed by atoms with Crippen molar-refractivity contribution in [2.45, 2.75) is 20.8 Å². The van der Waals surface area contributed by atoms with Gasteiger partial charge >= 0.3 is 23.1 Å². The normalized spacial score (nSPS) is 5.14. The number of halogens is 2. The second-order valence-corrected chi connectivity index (χ2v) is 1.73. The molecule has 0 aliphatic rings. The standard InChI is InChI=1S/C4H10.2ClH.Mg/c1-4(2)3;;;/h4H,1-3H3;2*1H;/q;;;+2/p-2. The van der Waals surface area contributed by atoms with Gasteiger partial charge in [-0.05, 0) is 5.92 Å². The van der Waals surface area contributed by atoms with E-state index >= 15 is 0 Å². The van der Waals surface area contributed by atoms with Crippen LogP contribution in [0.1, 0.15) is 20.8 Å². The molecule has 0 amide bonds. The number of hydrogen-bond acceptors (Lipinski definition) is 0. The average Bonchev–Trinajstić information content (AvgIpc) is 0.811. The predicted molar refractivity (Wildman–Crippen MR) is 26.3 cm³/mol. The van der Waals surface area contributed by atoms with E-state index in [2.05, 4.69) is 20.8 Å². The van der Waals surface area contributed by atoms with Crippen LogP contribution in [0.3, 0.4) is 0 Å². The van der Waals surface area contributed by atoms with Crippen LogP contribution in [-0.2, 0) is 0 Å². The first kappa shape index (κ1) is 23.8. The molecule has 0 aromatic carbocycles. The van der Waals surface area contributed by atoms with E-state index in [9.17, 15) is 0 Å². The van der Waals surface area contributed by atoms with E-state index in [-0.39, 0.29) is 47.9 Å². The minimum Gasteiger partial charge on any atom is -1.00 e. The maximum atomic E-state index is 2.17. The Balaban J connectivity index is -0.0000000150. The Bertz CT molecular complexity index is 14.4. The molecule has 0 atom stereocenters. The molecule has 0 aliphatic carbocycles.